The molecule has 0 unspecified atom stereocenters. The maximum Gasteiger partial charge on any atom is 0.265 e. The first-order valence-corrected chi connectivity index (χ1v) is 10.6. The molecule has 0 saturated heterocycles. The number of amides is 2. The van der Waals surface area contributed by atoms with E-state index in [1.54, 1.807) is 43.6 Å². The van der Waals surface area contributed by atoms with E-state index in [1.807, 2.05) is 0 Å². The van der Waals surface area contributed by atoms with Gasteiger partial charge in [0.2, 0.25) is 5.91 Å². The fourth-order valence-electron chi connectivity index (χ4n) is 3.45. The Morgan fingerprint density at radius 3 is 2.71 bits per heavy atom. The number of hydrogen-bond acceptors (Lipinski definition) is 6. The van der Waals surface area contributed by atoms with Gasteiger partial charge in [0, 0.05) is 24.5 Å². The van der Waals surface area contributed by atoms with Gasteiger partial charge in [0.1, 0.15) is 23.9 Å². The smallest absolute Gasteiger partial charge is 0.265 e. The zero-order chi connectivity index (χ0) is 24.1. The highest BCUT2D eigenvalue weighted by molar-refractivity contribution is 6.04. The number of fused-ring (bicyclic) bond motifs is 1. The molecule has 0 saturated carbocycles. The summed E-state index contributed by atoms with van der Waals surface area (Å²) in [6.45, 7) is 1.29. The lowest BCUT2D eigenvalue weighted by atomic mass is 10.1. The second-order valence-electron chi connectivity index (χ2n) is 7.70. The number of aryl methyl sites for hydroxylation is 1. The van der Waals surface area contributed by atoms with Crippen molar-refractivity contribution in [1.29, 1.82) is 0 Å². The van der Waals surface area contributed by atoms with Gasteiger partial charge in [-0.15, -0.1) is 0 Å². The van der Waals surface area contributed by atoms with Gasteiger partial charge in [-0.2, -0.15) is 0 Å². The Morgan fingerprint density at radius 1 is 1.15 bits per heavy atom. The van der Waals surface area contributed by atoms with E-state index < -0.39 is 5.91 Å². The van der Waals surface area contributed by atoms with Crippen molar-refractivity contribution < 1.29 is 28.2 Å². The van der Waals surface area contributed by atoms with Crippen molar-refractivity contribution in [3.8, 4) is 11.5 Å². The molecule has 1 aliphatic heterocycles. The summed E-state index contributed by atoms with van der Waals surface area (Å²) in [6.07, 6.45) is 3.26. The highest BCUT2D eigenvalue weighted by Crippen LogP contribution is 2.33. The number of rotatable bonds is 8. The number of nitrogens with one attached hydrogen (secondary N) is 1. The van der Waals surface area contributed by atoms with Crippen molar-refractivity contribution in [2.75, 3.05) is 24.7 Å². The molecule has 2 aromatic carbocycles. The molecular weight excluding hydrogens is 441 g/mol. The van der Waals surface area contributed by atoms with Crippen molar-refractivity contribution in [1.82, 2.24) is 10.3 Å². The maximum atomic E-state index is 13.3. The number of benzene rings is 2. The van der Waals surface area contributed by atoms with E-state index in [4.69, 9.17) is 9.47 Å². The summed E-state index contributed by atoms with van der Waals surface area (Å²) in [5.41, 5.74) is 2.07. The molecule has 34 heavy (non-hydrogen) atoms. The average Bonchev–Trinajstić information content (AvgIpc) is 2.84. The van der Waals surface area contributed by atoms with Crippen LogP contribution in [0.15, 0.2) is 60.9 Å². The predicted molar refractivity (Wildman–Crippen MR) is 121 cm³/mol. The van der Waals surface area contributed by atoms with Crippen molar-refractivity contribution in [3.05, 3.63) is 83.4 Å². The van der Waals surface area contributed by atoms with Crippen LogP contribution in [0.3, 0.4) is 0 Å². The molecular formula is C25H22FN3O5. The number of pyridine rings is 1. The first-order valence-electron chi connectivity index (χ1n) is 10.6. The van der Waals surface area contributed by atoms with Gasteiger partial charge in [-0.1, -0.05) is 0 Å². The molecule has 4 rings (SSSR count). The van der Waals surface area contributed by atoms with Gasteiger partial charge in [-0.05, 0) is 66.6 Å². The van der Waals surface area contributed by atoms with Crippen LogP contribution in [-0.2, 0) is 16.1 Å². The minimum atomic E-state index is -0.394. The van der Waals surface area contributed by atoms with Gasteiger partial charge in [0.15, 0.2) is 19.0 Å². The van der Waals surface area contributed by atoms with Crippen molar-refractivity contribution in [2.45, 2.75) is 13.5 Å². The maximum absolute atomic E-state index is 13.3. The van der Waals surface area contributed by atoms with Gasteiger partial charge < -0.3 is 14.8 Å². The van der Waals surface area contributed by atoms with Gasteiger partial charge in [-0.25, -0.2) is 4.39 Å². The van der Waals surface area contributed by atoms with E-state index >= 15 is 0 Å². The second-order valence-corrected chi connectivity index (χ2v) is 7.70. The van der Waals surface area contributed by atoms with E-state index in [0.29, 0.717) is 34.9 Å². The Labute approximate surface area is 195 Å². The van der Waals surface area contributed by atoms with Gasteiger partial charge >= 0.3 is 0 Å². The van der Waals surface area contributed by atoms with Crippen molar-refractivity contribution >= 4 is 23.3 Å². The monoisotopic (exact) mass is 463 g/mol. The molecule has 0 atom stereocenters. The Morgan fingerprint density at radius 2 is 1.94 bits per heavy atom. The number of Topliss-reactive ketones (excluding diaryl/α,β-unsaturated/α-hetero) is 1. The number of nitrogens with zero attached hydrogens (tertiary/aromatic N) is 2. The zero-order valence-electron chi connectivity index (χ0n) is 18.4. The highest BCUT2D eigenvalue weighted by atomic mass is 19.1. The molecule has 0 fully saturated rings. The summed E-state index contributed by atoms with van der Waals surface area (Å²) in [6, 6.07) is 12.3. The van der Waals surface area contributed by atoms with Gasteiger partial charge in [-0.3, -0.25) is 24.3 Å². The third kappa shape index (κ3) is 5.37. The van der Waals surface area contributed by atoms with E-state index in [-0.39, 0.29) is 37.3 Å². The van der Waals surface area contributed by atoms with Gasteiger partial charge in [0.05, 0.1) is 5.69 Å². The standard InChI is InChI=1S/C25H22FN3O5/c1-16-10-19(26)3-5-22(16)33-14-21(30)18-2-4-23-20(11-18)29(25(32)15-34-23)13-24(31)28-12-17-6-8-27-9-7-17/h2-11H,12-15H2,1H3,(H,28,31). The average molecular weight is 463 g/mol. The quantitative estimate of drug-likeness (QED) is 0.516. The van der Waals surface area contributed by atoms with E-state index in [1.165, 1.54) is 29.2 Å². The molecule has 3 aromatic rings. The summed E-state index contributed by atoms with van der Waals surface area (Å²) < 4.78 is 24.3. The first kappa shape index (κ1) is 22.9. The molecule has 1 aromatic heterocycles. The van der Waals surface area contributed by atoms with E-state index in [2.05, 4.69) is 10.3 Å². The molecule has 2 amide bonds. The second kappa shape index (κ2) is 10.1. The number of anilines is 1. The molecule has 0 spiro atoms. The minimum absolute atomic E-state index is 0.203. The molecule has 0 bridgehead atoms. The van der Waals surface area contributed by atoms with Gasteiger partial charge in [0.25, 0.3) is 5.91 Å². The number of carbonyl (C=O) groups excluding carboxylic acids is 3. The largest absolute Gasteiger partial charge is 0.485 e. The molecule has 174 valence electrons. The molecule has 1 aliphatic rings. The first-order chi connectivity index (χ1) is 16.4. The molecule has 2 heterocycles. The predicted octanol–water partition coefficient (Wildman–Crippen LogP) is 2.83. The topological polar surface area (TPSA) is 97.8 Å². The van der Waals surface area contributed by atoms with Crippen LogP contribution in [0.25, 0.3) is 0 Å². The Bertz CT molecular complexity index is 1230. The summed E-state index contributed by atoms with van der Waals surface area (Å²) in [4.78, 5) is 42.9. The summed E-state index contributed by atoms with van der Waals surface area (Å²) in [5.74, 6) is -0.682. The Hall–Kier alpha value is -4.27. The van der Waals surface area contributed by atoms with Crippen LogP contribution in [0.4, 0.5) is 10.1 Å². The van der Waals surface area contributed by atoms with E-state index in [9.17, 15) is 18.8 Å². The number of halogens is 1. The number of aromatic nitrogens is 1. The summed E-state index contributed by atoms with van der Waals surface area (Å²) in [7, 11) is 0. The lowest BCUT2D eigenvalue weighted by molar-refractivity contribution is -0.125. The van der Waals surface area contributed by atoms with Crippen LogP contribution in [0.5, 0.6) is 11.5 Å². The fraction of sp³-hybridized carbons (Fsp3) is 0.200. The van der Waals surface area contributed by atoms with Crippen LogP contribution in [-0.4, -0.2) is 42.3 Å². The third-order valence-corrected chi connectivity index (χ3v) is 5.26. The lowest BCUT2D eigenvalue weighted by Crippen LogP contribution is -2.45. The molecule has 9 heteroatoms. The van der Waals surface area contributed by atoms with Crippen LogP contribution >= 0.6 is 0 Å². The fourth-order valence-corrected chi connectivity index (χ4v) is 3.45. The summed E-state index contributed by atoms with van der Waals surface area (Å²) >= 11 is 0. The van der Waals surface area contributed by atoms with Crippen LogP contribution in [0, 0.1) is 12.7 Å². The van der Waals surface area contributed by atoms with Crippen LogP contribution in [0.2, 0.25) is 0 Å². The number of ketones is 1. The zero-order valence-corrected chi connectivity index (χ0v) is 18.4. The van der Waals surface area contributed by atoms with Crippen molar-refractivity contribution in [3.63, 3.8) is 0 Å². The normalized spacial score (nSPS) is 12.5. The number of hydrogen-bond donors (Lipinski definition) is 1. The minimum Gasteiger partial charge on any atom is -0.485 e. The van der Waals surface area contributed by atoms with Crippen molar-refractivity contribution in [2.24, 2.45) is 0 Å². The molecule has 0 radical (unpaired) electrons. The lowest BCUT2D eigenvalue weighted by Gasteiger charge is -2.29. The Balaban J connectivity index is 1.44. The Kier molecular flexibility index (Phi) is 6.82. The van der Waals surface area contributed by atoms with Crippen LogP contribution in [0.1, 0.15) is 21.5 Å². The van der Waals surface area contributed by atoms with E-state index in [0.717, 1.165) is 5.56 Å². The number of ether oxygens (including phenoxy) is 2. The highest BCUT2D eigenvalue weighted by Gasteiger charge is 2.28. The third-order valence-electron chi connectivity index (χ3n) is 5.26. The van der Waals surface area contributed by atoms with Crippen LogP contribution < -0.4 is 19.7 Å². The molecule has 1 N–H and O–H groups in total. The molecule has 8 nitrogen and oxygen atoms in total. The number of carbonyl (C=O) groups is 3. The SMILES string of the molecule is Cc1cc(F)ccc1OCC(=O)c1ccc2c(c1)N(CC(=O)NCc1ccncc1)C(=O)CO2. The molecule has 0 aliphatic carbocycles. The summed E-state index contributed by atoms with van der Waals surface area (Å²) in [5, 5.41) is 2.77.